The Balaban J connectivity index is 1.59. The summed E-state index contributed by atoms with van der Waals surface area (Å²) in [6, 6.07) is 2.01. The van der Waals surface area contributed by atoms with E-state index >= 15 is 4.39 Å². The van der Waals surface area contributed by atoms with Crippen molar-refractivity contribution in [1.29, 1.82) is 5.26 Å². The molecule has 2 aliphatic rings. The second kappa shape index (κ2) is 8.28. The molecule has 1 aromatic carbocycles. The predicted molar refractivity (Wildman–Crippen MR) is 131 cm³/mol. The van der Waals surface area contributed by atoms with Gasteiger partial charge in [-0.15, -0.1) is 11.3 Å². The van der Waals surface area contributed by atoms with Gasteiger partial charge in [0.15, 0.2) is 11.6 Å². The zero-order valence-corrected chi connectivity index (χ0v) is 20.3. The number of nitrogens with two attached hydrogens (primary N) is 1. The van der Waals surface area contributed by atoms with Crippen LogP contribution in [-0.4, -0.2) is 34.2 Å². The molecule has 11 heteroatoms. The molecule has 4 aromatic rings. The Labute approximate surface area is 208 Å². The van der Waals surface area contributed by atoms with Gasteiger partial charge in [-0.05, 0) is 24.0 Å². The van der Waals surface area contributed by atoms with Crippen molar-refractivity contribution in [3.8, 4) is 17.3 Å². The maximum absolute atomic E-state index is 16.4. The molecule has 0 spiro atoms. The molecular formula is C25H21F3N6OS. The minimum Gasteiger partial charge on any atom is -0.389 e. The summed E-state index contributed by atoms with van der Waals surface area (Å²) in [6.07, 6.45) is 1.61. The van der Waals surface area contributed by atoms with Gasteiger partial charge >= 0.3 is 0 Å². The summed E-state index contributed by atoms with van der Waals surface area (Å²) >= 11 is 0.927. The van der Waals surface area contributed by atoms with Crippen molar-refractivity contribution in [1.82, 2.24) is 15.0 Å². The molecule has 2 N–H and O–H groups in total. The number of fused-ring (bicyclic) bond motifs is 4. The van der Waals surface area contributed by atoms with E-state index in [1.165, 1.54) is 0 Å². The maximum atomic E-state index is 16.4. The van der Waals surface area contributed by atoms with Gasteiger partial charge in [0.05, 0.1) is 35.4 Å². The fourth-order valence-corrected chi connectivity index (χ4v) is 6.37. The van der Waals surface area contributed by atoms with Crippen LogP contribution in [-0.2, 0) is 18.0 Å². The smallest absolute Gasteiger partial charge is 0.225 e. The van der Waals surface area contributed by atoms with E-state index in [0.29, 0.717) is 30.0 Å². The molecule has 0 aliphatic carbocycles. The average molecular weight is 511 g/mol. The van der Waals surface area contributed by atoms with Crippen molar-refractivity contribution in [2.45, 2.75) is 33.2 Å². The Morgan fingerprint density at radius 1 is 1.22 bits per heavy atom. The summed E-state index contributed by atoms with van der Waals surface area (Å²) in [6.45, 7) is 4.88. The highest BCUT2D eigenvalue weighted by Gasteiger charge is 2.36. The second-order valence-electron chi connectivity index (χ2n) is 9.41. The van der Waals surface area contributed by atoms with Crippen LogP contribution in [0.2, 0.25) is 0 Å². The number of nitrogens with zero attached hydrogens (tertiary/aromatic N) is 5. The number of halogens is 3. The number of benzene rings is 1. The molecule has 2 aliphatic heterocycles. The van der Waals surface area contributed by atoms with Crippen LogP contribution in [0.5, 0.6) is 0 Å². The van der Waals surface area contributed by atoms with E-state index in [-0.39, 0.29) is 62.5 Å². The zero-order valence-electron chi connectivity index (χ0n) is 19.5. The first kappa shape index (κ1) is 22.9. The summed E-state index contributed by atoms with van der Waals surface area (Å²) < 4.78 is 50.8. The van der Waals surface area contributed by atoms with Gasteiger partial charge in [0, 0.05) is 41.5 Å². The van der Waals surface area contributed by atoms with E-state index in [4.69, 9.17) is 10.5 Å². The van der Waals surface area contributed by atoms with Gasteiger partial charge < -0.3 is 15.4 Å². The molecule has 3 atom stereocenters. The maximum Gasteiger partial charge on any atom is 0.225 e. The minimum atomic E-state index is -0.978. The van der Waals surface area contributed by atoms with E-state index in [0.717, 1.165) is 23.1 Å². The monoisotopic (exact) mass is 510 g/mol. The number of aromatic nitrogens is 3. The molecule has 184 valence electrons. The van der Waals surface area contributed by atoms with Gasteiger partial charge in [-0.25, -0.2) is 23.1 Å². The van der Waals surface area contributed by atoms with Crippen molar-refractivity contribution in [2.24, 2.45) is 11.8 Å². The van der Waals surface area contributed by atoms with Crippen LogP contribution in [0, 0.1) is 34.8 Å². The van der Waals surface area contributed by atoms with Gasteiger partial charge in [0.25, 0.3) is 0 Å². The molecule has 0 amide bonds. The lowest BCUT2D eigenvalue weighted by atomic mass is 9.94. The SMILES string of the molecule is CC(F)C1CN(c2ncc3c4c(c(-c5ncc(F)c6sc(N)c(C#N)c56)c(F)c3n2)COC4)CC1C. The summed E-state index contributed by atoms with van der Waals surface area (Å²) in [4.78, 5) is 15.1. The van der Waals surface area contributed by atoms with Crippen molar-refractivity contribution in [3.05, 3.63) is 40.7 Å². The molecule has 5 heterocycles. The fourth-order valence-electron chi connectivity index (χ4n) is 5.44. The van der Waals surface area contributed by atoms with Crippen LogP contribution in [0.3, 0.4) is 0 Å². The molecule has 36 heavy (non-hydrogen) atoms. The second-order valence-corrected chi connectivity index (χ2v) is 10.5. The number of pyridine rings is 1. The largest absolute Gasteiger partial charge is 0.389 e. The summed E-state index contributed by atoms with van der Waals surface area (Å²) in [7, 11) is 0. The Morgan fingerprint density at radius 2 is 2.00 bits per heavy atom. The van der Waals surface area contributed by atoms with Crippen LogP contribution in [0.4, 0.5) is 24.1 Å². The van der Waals surface area contributed by atoms with E-state index in [1.54, 1.807) is 13.1 Å². The number of ether oxygens (including phenoxy) is 1. The van der Waals surface area contributed by atoms with Crippen molar-refractivity contribution >= 4 is 43.3 Å². The Hall–Kier alpha value is -3.49. The third-order valence-electron chi connectivity index (χ3n) is 7.28. The third-order valence-corrected chi connectivity index (χ3v) is 8.30. The molecule has 0 radical (unpaired) electrons. The fraction of sp³-hybridized carbons (Fsp3) is 0.360. The van der Waals surface area contributed by atoms with Gasteiger partial charge in [-0.2, -0.15) is 5.26 Å². The Bertz CT molecular complexity index is 1600. The third kappa shape index (κ3) is 3.24. The standard InChI is InChI=1S/C25H21F3N6OS/c1-10-6-34(7-14(10)11(2)26)25-32-4-13-15-8-35-9-16(15)18(20(28)21(13)33-25)22-19-12(3-29)24(30)36-23(19)17(27)5-31-22/h4-5,10-11,14H,6-9,30H2,1-2H3. The highest BCUT2D eigenvalue weighted by molar-refractivity contribution is 7.23. The highest BCUT2D eigenvalue weighted by Crippen LogP contribution is 2.45. The van der Waals surface area contributed by atoms with Crippen molar-refractivity contribution < 1.29 is 17.9 Å². The van der Waals surface area contributed by atoms with Crippen LogP contribution in [0.1, 0.15) is 30.5 Å². The molecule has 3 unspecified atom stereocenters. The minimum absolute atomic E-state index is 0.0602. The normalized spacial score (nSPS) is 20.3. The number of hydrogen-bond acceptors (Lipinski definition) is 8. The molecule has 1 fully saturated rings. The number of rotatable bonds is 3. The van der Waals surface area contributed by atoms with Gasteiger partial charge in [0.2, 0.25) is 5.95 Å². The zero-order chi connectivity index (χ0) is 25.3. The van der Waals surface area contributed by atoms with E-state index in [2.05, 4.69) is 15.0 Å². The average Bonchev–Trinajstić information content (AvgIpc) is 3.57. The number of nitrogen functional groups attached to an aromatic ring is 1. The summed E-state index contributed by atoms with van der Waals surface area (Å²) in [5, 5.41) is 10.5. The van der Waals surface area contributed by atoms with Crippen molar-refractivity contribution in [2.75, 3.05) is 23.7 Å². The number of alkyl halides is 1. The molecule has 6 rings (SSSR count). The molecule has 0 saturated carbocycles. The number of hydrogen-bond donors (Lipinski definition) is 1. The van der Waals surface area contributed by atoms with Crippen LogP contribution < -0.4 is 10.6 Å². The lowest BCUT2D eigenvalue weighted by Gasteiger charge is -2.18. The molecule has 0 bridgehead atoms. The lowest BCUT2D eigenvalue weighted by molar-refractivity contribution is 0.135. The Kier molecular flexibility index (Phi) is 5.28. The quantitative estimate of drug-likeness (QED) is 0.409. The van der Waals surface area contributed by atoms with E-state index in [1.807, 2.05) is 17.9 Å². The van der Waals surface area contributed by atoms with Gasteiger partial charge in [-0.3, -0.25) is 4.98 Å². The first-order chi connectivity index (χ1) is 17.3. The lowest BCUT2D eigenvalue weighted by Crippen LogP contribution is -2.24. The number of anilines is 2. The summed E-state index contributed by atoms with van der Waals surface area (Å²) in [5.41, 5.74) is 7.64. The van der Waals surface area contributed by atoms with Gasteiger partial charge in [-0.1, -0.05) is 6.92 Å². The van der Waals surface area contributed by atoms with Crippen molar-refractivity contribution in [3.63, 3.8) is 0 Å². The van der Waals surface area contributed by atoms with E-state index < -0.39 is 17.8 Å². The first-order valence-electron chi connectivity index (χ1n) is 11.5. The number of nitriles is 1. The van der Waals surface area contributed by atoms with Crippen LogP contribution in [0.25, 0.3) is 32.2 Å². The van der Waals surface area contributed by atoms with Crippen LogP contribution in [0.15, 0.2) is 12.4 Å². The topological polar surface area (TPSA) is 101 Å². The number of thiophene rings is 1. The molecule has 3 aromatic heterocycles. The van der Waals surface area contributed by atoms with E-state index in [9.17, 15) is 14.0 Å². The molecular weight excluding hydrogens is 489 g/mol. The first-order valence-corrected chi connectivity index (χ1v) is 12.3. The summed E-state index contributed by atoms with van der Waals surface area (Å²) in [5.74, 6) is -1.04. The Morgan fingerprint density at radius 3 is 2.72 bits per heavy atom. The molecule has 7 nitrogen and oxygen atoms in total. The molecule has 1 saturated heterocycles. The predicted octanol–water partition coefficient (Wildman–Crippen LogP) is 5.10. The highest BCUT2D eigenvalue weighted by atomic mass is 32.1. The van der Waals surface area contributed by atoms with Crippen LogP contribution >= 0.6 is 11.3 Å². The van der Waals surface area contributed by atoms with Gasteiger partial charge in [0.1, 0.15) is 22.8 Å².